The van der Waals surface area contributed by atoms with Crippen LogP contribution in [0.15, 0.2) is 88.8 Å². The van der Waals surface area contributed by atoms with Crippen molar-refractivity contribution < 1.29 is 9.47 Å². The Morgan fingerprint density at radius 3 is 2.42 bits per heavy atom. The van der Waals surface area contributed by atoms with Crippen LogP contribution >= 0.6 is 0 Å². The largest absolute Gasteiger partial charge is 0.493 e. The van der Waals surface area contributed by atoms with Crippen LogP contribution in [0.1, 0.15) is 5.56 Å². The average Bonchev–Trinajstić information content (AvgIpc) is 2.83. The van der Waals surface area contributed by atoms with Crippen LogP contribution in [-0.2, 0) is 0 Å². The van der Waals surface area contributed by atoms with Crippen LogP contribution in [0, 0.1) is 0 Å². The lowest BCUT2D eigenvalue weighted by molar-refractivity contribution is 0.355. The van der Waals surface area contributed by atoms with Gasteiger partial charge in [0.2, 0.25) is 0 Å². The van der Waals surface area contributed by atoms with E-state index in [-0.39, 0.29) is 5.56 Å². The van der Waals surface area contributed by atoms with Gasteiger partial charge in [0.15, 0.2) is 17.3 Å². The molecule has 6 nitrogen and oxygen atoms in total. The van der Waals surface area contributed by atoms with Gasteiger partial charge in [0, 0.05) is 11.8 Å². The van der Waals surface area contributed by atoms with Gasteiger partial charge in [-0.1, -0.05) is 48.5 Å². The number of methoxy groups -OCH3 is 2. The van der Waals surface area contributed by atoms with E-state index in [1.54, 1.807) is 44.7 Å². The topological polar surface area (TPSA) is 65.7 Å². The first-order valence-corrected chi connectivity index (χ1v) is 9.71. The summed E-state index contributed by atoms with van der Waals surface area (Å²) in [5, 5.41) is 4.90. The molecule has 1 heterocycles. The predicted molar refractivity (Wildman–Crippen MR) is 124 cm³/mol. The summed E-state index contributed by atoms with van der Waals surface area (Å²) >= 11 is 0. The lowest BCUT2D eigenvalue weighted by Gasteiger charge is -2.12. The number of rotatable bonds is 6. The Morgan fingerprint density at radius 1 is 0.903 bits per heavy atom. The number of benzene rings is 3. The Morgan fingerprint density at radius 2 is 1.65 bits per heavy atom. The van der Waals surface area contributed by atoms with Gasteiger partial charge in [-0.25, -0.2) is 4.98 Å². The smallest absolute Gasteiger partial charge is 0.282 e. The van der Waals surface area contributed by atoms with Crippen molar-refractivity contribution in [2.75, 3.05) is 14.2 Å². The van der Waals surface area contributed by atoms with Crippen LogP contribution < -0.4 is 15.0 Å². The third-order valence-electron chi connectivity index (χ3n) is 4.75. The van der Waals surface area contributed by atoms with Crippen LogP contribution in [-0.4, -0.2) is 30.1 Å². The Kier molecular flexibility index (Phi) is 5.89. The molecule has 6 heteroatoms. The van der Waals surface area contributed by atoms with Crippen molar-refractivity contribution in [3.8, 4) is 22.9 Å². The van der Waals surface area contributed by atoms with Gasteiger partial charge in [0.05, 0.1) is 25.1 Å². The number of fused-ring (bicyclic) bond motifs is 1. The quantitative estimate of drug-likeness (QED) is 0.434. The Hall–Kier alpha value is -4.19. The second-order valence-corrected chi connectivity index (χ2v) is 6.67. The fourth-order valence-corrected chi connectivity index (χ4v) is 3.22. The first kappa shape index (κ1) is 20.1. The highest BCUT2D eigenvalue weighted by Crippen LogP contribution is 2.31. The fraction of sp³-hybridized carbons (Fsp3) is 0.0800. The maximum Gasteiger partial charge on any atom is 0.282 e. The van der Waals surface area contributed by atoms with Gasteiger partial charge in [0.25, 0.3) is 5.56 Å². The first-order chi connectivity index (χ1) is 15.2. The number of hydrogen-bond donors (Lipinski definition) is 0. The zero-order chi connectivity index (χ0) is 21.6. The maximum atomic E-state index is 13.2. The number of hydrogen-bond acceptors (Lipinski definition) is 5. The molecular weight excluding hydrogens is 390 g/mol. The summed E-state index contributed by atoms with van der Waals surface area (Å²) < 4.78 is 12.0. The highest BCUT2D eigenvalue weighted by molar-refractivity contribution is 5.81. The van der Waals surface area contributed by atoms with E-state index in [4.69, 9.17) is 14.5 Å². The average molecular weight is 411 g/mol. The van der Waals surface area contributed by atoms with Gasteiger partial charge in [-0.2, -0.15) is 9.78 Å². The lowest BCUT2D eigenvalue weighted by atomic mass is 10.1. The maximum absolute atomic E-state index is 13.2. The normalized spacial score (nSPS) is 11.4. The van der Waals surface area contributed by atoms with Crippen LogP contribution in [0.25, 0.3) is 28.4 Å². The Balaban J connectivity index is 1.83. The second kappa shape index (κ2) is 9.09. The van der Waals surface area contributed by atoms with Crippen molar-refractivity contribution >= 4 is 23.2 Å². The number of ether oxygens (including phenoxy) is 2. The summed E-state index contributed by atoms with van der Waals surface area (Å²) in [6, 6.07) is 22.5. The van der Waals surface area contributed by atoms with Gasteiger partial charge < -0.3 is 9.47 Å². The summed E-state index contributed by atoms with van der Waals surface area (Å²) in [5.41, 5.74) is 2.08. The summed E-state index contributed by atoms with van der Waals surface area (Å²) in [6.45, 7) is 0. The minimum Gasteiger partial charge on any atom is -0.493 e. The summed E-state index contributed by atoms with van der Waals surface area (Å²) in [7, 11) is 3.14. The molecule has 0 saturated carbocycles. The molecule has 154 valence electrons. The minimum absolute atomic E-state index is 0.250. The molecular formula is C25H21N3O3. The Bertz CT molecular complexity index is 1330. The van der Waals surface area contributed by atoms with Gasteiger partial charge >= 0.3 is 0 Å². The van der Waals surface area contributed by atoms with E-state index in [1.165, 1.54) is 4.68 Å². The van der Waals surface area contributed by atoms with Gasteiger partial charge in [-0.3, -0.25) is 4.79 Å². The molecule has 31 heavy (non-hydrogen) atoms. The molecule has 0 radical (unpaired) electrons. The van der Waals surface area contributed by atoms with Crippen LogP contribution in [0.2, 0.25) is 0 Å². The molecule has 4 rings (SSSR count). The predicted octanol–water partition coefficient (Wildman–Crippen LogP) is 4.63. The van der Waals surface area contributed by atoms with E-state index < -0.39 is 0 Å². The second-order valence-electron chi connectivity index (χ2n) is 6.67. The lowest BCUT2D eigenvalue weighted by Crippen LogP contribution is -2.20. The number of allylic oxidation sites excluding steroid dienone is 1. The molecule has 0 saturated heterocycles. The molecule has 4 aromatic rings. The third kappa shape index (κ3) is 4.23. The van der Waals surface area contributed by atoms with E-state index in [1.807, 2.05) is 60.7 Å². The number of aromatic nitrogens is 2. The molecule has 0 aliphatic carbocycles. The van der Waals surface area contributed by atoms with Gasteiger partial charge in [-0.15, -0.1) is 0 Å². The van der Waals surface area contributed by atoms with E-state index in [9.17, 15) is 4.79 Å². The van der Waals surface area contributed by atoms with Crippen LogP contribution in [0.3, 0.4) is 0 Å². The van der Waals surface area contributed by atoms with Crippen LogP contribution in [0.4, 0.5) is 0 Å². The fourth-order valence-electron chi connectivity index (χ4n) is 3.22. The van der Waals surface area contributed by atoms with Crippen molar-refractivity contribution in [3.63, 3.8) is 0 Å². The van der Waals surface area contributed by atoms with Crippen molar-refractivity contribution in [1.29, 1.82) is 0 Å². The first-order valence-electron chi connectivity index (χ1n) is 9.71. The molecule has 0 aliphatic heterocycles. The highest BCUT2D eigenvalue weighted by Gasteiger charge is 2.14. The number of nitrogens with zero attached hydrogens (tertiary/aromatic N) is 3. The molecule has 0 fully saturated rings. The summed E-state index contributed by atoms with van der Waals surface area (Å²) in [5.74, 6) is 1.55. The minimum atomic E-state index is -0.250. The van der Waals surface area contributed by atoms with E-state index in [2.05, 4.69) is 5.10 Å². The third-order valence-corrected chi connectivity index (χ3v) is 4.75. The van der Waals surface area contributed by atoms with Gasteiger partial charge in [0.1, 0.15) is 0 Å². The molecule has 0 spiro atoms. The summed E-state index contributed by atoms with van der Waals surface area (Å²) in [4.78, 5) is 17.9. The monoisotopic (exact) mass is 411 g/mol. The summed E-state index contributed by atoms with van der Waals surface area (Å²) in [6.07, 6.45) is 5.28. The van der Waals surface area contributed by atoms with E-state index >= 15 is 0 Å². The number of para-hydroxylation sites is 1. The SMILES string of the molecule is COc1ccc(-c2nc3ccccc3c(=O)n2N=C/C=C/c2ccccc2)cc1OC. The van der Waals surface area contributed by atoms with Crippen molar-refractivity contribution in [2.45, 2.75) is 0 Å². The van der Waals surface area contributed by atoms with E-state index in [0.717, 1.165) is 5.56 Å². The highest BCUT2D eigenvalue weighted by atomic mass is 16.5. The van der Waals surface area contributed by atoms with Crippen molar-refractivity contribution in [2.24, 2.45) is 5.10 Å². The molecule has 0 bridgehead atoms. The molecule has 0 N–H and O–H groups in total. The van der Waals surface area contributed by atoms with Crippen molar-refractivity contribution in [1.82, 2.24) is 9.66 Å². The van der Waals surface area contributed by atoms with Crippen LogP contribution in [0.5, 0.6) is 11.5 Å². The van der Waals surface area contributed by atoms with Gasteiger partial charge in [-0.05, 0) is 42.0 Å². The molecule has 0 amide bonds. The van der Waals surface area contributed by atoms with E-state index in [0.29, 0.717) is 33.8 Å². The molecule has 3 aromatic carbocycles. The Labute approximate surface area is 179 Å². The molecule has 0 unspecified atom stereocenters. The zero-order valence-electron chi connectivity index (χ0n) is 17.2. The molecule has 1 aromatic heterocycles. The van der Waals surface area contributed by atoms with Crippen molar-refractivity contribution in [3.05, 3.63) is 94.8 Å². The molecule has 0 aliphatic rings. The zero-order valence-corrected chi connectivity index (χ0v) is 17.2. The molecule has 0 atom stereocenters. The standard InChI is InChI=1S/C25H21N3O3/c1-30-22-15-14-19(17-23(22)31-2)24-27-21-13-7-6-12-20(21)25(29)28(24)26-16-8-11-18-9-4-3-5-10-18/h3-17H,1-2H3/b11-8+,26-16?.